The van der Waals surface area contributed by atoms with Crippen LogP contribution in [-0.2, 0) is 0 Å². The van der Waals surface area contributed by atoms with E-state index in [0.29, 0.717) is 6.04 Å². The Hall–Kier alpha value is -1.67. The summed E-state index contributed by atoms with van der Waals surface area (Å²) in [6.45, 7) is 6.46. The highest BCUT2D eigenvalue weighted by Gasteiger charge is 2.23. The van der Waals surface area contributed by atoms with Gasteiger partial charge >= 0.3 is 0 Å². The Kier molecular flexibility index (Phi) is 7.07. The Balaban J connectivity index is 0.00000102. The molecule has 1 aliphatic heterocycles. The average molecular weight is 402 g/mol. The second kappa shape index (κ2) is 9.50. The molecule has 1 unspecified atom stereocenters. The number of hydrogen-bond donors (Lipinski definition) is 1. The number of rotatable bonds is 4. The molecule has 1 fully saturated rings. The quantitative estimate of drug-likeness (QED) is 0.670. The first-order chi connectivity index (χ1) is 13.2. The minimum atomic E-state index is 0.417. The van der Waals surface area contributed by atoms with Gasteiger partial charge in [0.2, 0.25) is 0 Å². The van der Waals surface area contributed by atoms with Gasteiger partial charge in [-0.1, -0.05) is 6.07 Å². The molecule has 7 heteroatoms. The van der Waals surface area contributed by atoms with Crippen LogP contribution < -0.4 is 10.6 Å². The van der Waals surface area contributed by atoms with E-state index in [1.54, 1.807) is 23.1 Å². The Labute approximate surface area is 169 Å². The fourth-order valence-corrected chi connectivity index (χ4v) is 4.39. The zero-order chi connectivity index (χ0) is 19.2. The van der Waals surface area contributed by atoms with Crippen molar-refractivity contribution >= 4 is 39.1 Å². The first-order valence-corrected chi connectivity index (χ1v) is 11.2. The molecular weight excluding hydrogens is 374 g/mol. The van der Waals surface area contributed by atoms with Crippen LogP contribution in [0.4, 0.5) is 5.82 Å². The molecule has 1 saturated heterocycles. The van der Waals surface area contributed by atoms with Gasteiger partial charge in [0.1, 0.15) is 5.82 Å². The Morgan fingerprint density at radius 2 is 1.85 bits per heavy atom. The third kappa shape index (κ3) is 4.60. The third-order valence-electron chi connectivity index (χ3n) is 4.98. The zero-order valence-corrected chi connectivity index (χ0v) is 17.8. The summed E-state index contributed by atoms with van der Waals surface area (Å²) in [5.41, 5.74) is 8.90. The molecule has 0 bridgehead atoms. The summed E-state index contributed by atoms with van der Waals surface area (Å²) in [5.74, 6) is 1.09. The van der Waals surface area contributed by atoms with Crippen molar-refractivity contribution in [2.45, 2.75) is 17.9 Å². The predicted molar refractivity (Wildman–Crippen MR) is 118 cm³/mol. The van der Waals surface area contributed by atoms with Gasteiger partial charge in [0.25, 0.3) is 0 Å². The number of aromatic nitrogens is 2. The van der Waals surface area contributed by atoms with Crippen molar-refractivity contribution in [1.29, 1.82) is 0 Å². The van der Waals surface area contributed by atoms with Gasteiger partial charge < -0.3 is 10.6 Å². The second-order valence-corrected chi connectivity index (χ2v) is 8.10. The molecule has 1 aromatic carbocycles. The van der Waals surface area contributed by atoms with E-state index in [-0.39, 0.29) is 0 Å². The largest absolute Gasteiger partial charge is 0.354 e. The molecule has 144 valence electrons. The van der Waals surface area contributed by atoms with Crippen LogP contribution in [0.1, 0.15) is 18.5 Å². The Bertz CT molecular complexity index is 841. The van der Waals surface area contributed by atoms with Crippen LogP contribution in [0.15, 0.2) is 46.9 Å². The number of thiazole rings is 1. The number of fused-ring (bicyclic) bond motifs is 1. The number of piperazine rings is 1. The lowest BCUT2D eigenvalue weighted by atomic mass is 10.1. The molecule has 0 spiro atoms. The topological polar surface area (TPSA) is 58.3 Å². The van der Waals surface area contributed by atoms with E-state index in [1.165, 1.54) is 22.2 Å². The Morgan fingerprint density at radius 1 is 1.07 bits per heavy atom. The van der Waals surface area contributed by atoms with Crippen LogP contribution in [0.5, 0.6) is 0 Å². The molecule has 3 heterocycles. The van der Waals surface area contributed by atoms with Gasteiger partial charge in [0.05, 0.1) is 15.7 Å². The van der Waals surface area contributed by atoms with Crippen molar-refractivity contribution in [3.63, 3.8) is 0 Å². The molecule has 2 N–H and O–H groups in total. The van der Waals surface area contributed by atoms with Gasteiger partial charge in [-0.3, -0.25) is 4.90 Å². The number of hydrogen-bond acceptors (Lipinski definition) is 7. The summed E-state index contributed by atoms with van der Waals surface area (Å²) in [4.78, 5) is 15.2. The van der Waals surface area contributed by atoms with E-state index < -0.39 is 0 Å². The molecule has 4 rings (SSSR count). The summed E-state index contributed by atoms with van der Waals surface area (Å²) in [7, 11) is 1.50. The van der Waals surface area contributed by atoms with Crippen molar-refractivity contribution < 1.29 is 0 Å². The highest BCUT2D eigenvalue weighted by Crippen LogP contribution is 2.27. The van der Waals surface area contributed by atoms with Crippen LogP contribution in [-0.4, -0.2) is 54.4 Å². The minimum Gasteiger partial charge on any atom is -0.354 e. The van der Waals surface area contributed by atoms with Crippen molar-refractivity contribution in [1.82, 2.24) is 14.9 Å². The smallest absolute Gasteiger partial charge is 0.128 e. The highest BCUT2D eigenvalue weighted by molar-refractivity contribution is 7.98. The standard InChI is InChI=1S/C19H22N4S2.CH5N/c1-14(15-3-5-18-17(11-15)21-13-25-18)22-7-9-23(10-8-22)19-6-4-16(24-2)12-20-19;1-2/h3-6,11-14H,7-10H2,1-2H3;2H2,1H3. The number of nitrogens with zero attached hydrogens (tertiary/aromatic N) is 4. The maximum atomic E-state index is 4.61. The zero-order valence-electron chi connectivity index (χ0n) is 16.1. The second-order valence-electron chi connectivity index (χ2n) is 6.33. The lowest BCUT2D eigenvalue weighted by Crippen LogP contribution is -2.47. The predicted octanol–water partition coefficient (Wildman–Crippen LogP) is 3.87. The molecule has 0 aliphatic carbocycles. The van der Waals surface area contributed by atoms with Gasteiger partial charge in [-0.25, -0.2) is 9.97 Å². The van der Waals surface area contributed by atoms with Crippen molar-refractivity contribution in [3.05, 3.63) is 47.6 Å². The number of benzene rings is 1. The lowest BCUT2D eigenvalue weighted by molar-refractivity contribution is 0.198. The van der Waals surface area contributed by atoms with Crippen molar-refractivity contribution in [3.8, 4) is 0 Å². The summed E-state index contributed by atoms with van der Waals surface area (Å²) >= 11 is 3.44. The van der Waals surface area contributed by atoms with E-state index in [1.807, 2.05) is 11.7 Å². The summed E-state index contributed by atoms with van der Waals surface area (Å²) in [5, 5.41) is 0. The van der Waals surface area contributed by atoms with E-state index in [9.17, 15) is 0 Å². The molecule has 5 nitrogen and oxygen atoms in total. The van der Waals surface area contributed by atoms with Gasteiger partial charge in [-0.05, 0) is 50.1 Å². The summed E-state index contributed by atoms with van der Waals surface area (Å²) < 4.78 is 1.26. The molecule has 0 saturated carbocycles. The normalized spacial score (nSPS) is 16.1. The maximum Gasteiger partial charge on any atom is 0.128 e. The fraction of sp³-hybridized carbons (Fsp3) is 0.400. The van der Waals surface area contributed by atoms with Crippen LogP contribution in [0.25, 0.3) is 10.2 Å². The number of pyridine rings is 1. The van der Waals surface area contributed by atoms with E-state index >= 15 is 0 Å². The van der Waals surface area contributed by atoms with Crippen LogP contribution in [0, 0.1) is 0 Å². The number of anilines is 1. The minimum absolute atomic E-state index is 0.417. The van der Waals surface area contributed by atoms with E-state index in [4.69, 9.17) is 0 Å². The third-order valence-corrected chi connectivity index (χ3v) is 6.50. The number of thioether (sulfide) groups is 1. The molecular formula is C20H27N5S2. The molecule has 3 aromatic rings. The SMILES string of the molecule is CN.CSc1ccc(N2CCN(C(C)c3ccc4scnc4c3)CC2)nc1. The Morgan fingerprint density at radius 3 is 2.52 bits per heavy atom. The molecule has 0 radical (unpaired) electrons. The van der Waals surface area contributed by atoms with Gasteiger partial charge in [-0.2, -0.15) is 0 Å². The first-order valence-electron chi connectivity index (χ1n) is 9.14. The van der Waals surface area contributed by atoms with Crippen molar-refractivity contribution in [2.75, 3.05) is 44.4 Å². The van der Waals surface area contributed by atoms with E-state index in [2.05, 4.69) is 69.0 Å². The van der Waals surface area contributed by atoms with E-state index in [0.717, 1.165) is 37.5 Å². The monoisotopic (exact) mass is 401 g/mol. The summed E-state index contributed by atoms with van der Waals surface area (Å²) in [6, 6.07) is 11.4. The van der Waals surface area contributed by atoms with Crippen LogP contribution in [0.3, 0.4) is 0 Å². The van der Waals surface area contributed by atoms with Crippen LogP contribution >= 0.6 is 23.1 Å². The molecule has 0 amide bonds. The molecule has 27 heavy (non-hydrogen) atoms. The lowest BCUT2D eigenvalue weighted by Gasteiger charge is -2.38. The molecule has 1 atom stereocenters. The highest BCUT2D eigenvalue weighted by atomic mass is 32.2. The van der Waals surface area contributed by atoms with Crippen LogP contribution in [0.2, 0.25) is 0 Å². The van der Waals surface area contributed by atoms with Gasteiger partial charge in [0, 0.05) is 43.3 Å². The summed E-state index contributed by atoms with van der Waals surface area (Å²) in [6.07, 6.45) is 4.05. The average Bonchev–Trinajstić information content (AvgIpc) is 3.23. The fourth-order valence-electron chi connectivity index (χ4n) is 3.36. The van der Waals surface area contributed by atoms with Crippen molar-refractivity contribution in [2.24, 2.45) is 5.73 Å². The number of nitrogens with two attached hydrogens (primary N) is 1. The van der Waals surface area contributed by atoms with Gasteiger partial charge in [0.15, 0.2) is 0 Å². The first kappa shape index (κ1) is 20.1. The molecule has 2 aromatic heterocycles. The van der Waals surface area contributed by atoms with Gasteiger partial charge in [-0.15, -0.1) is 23.1 Å². The maximum absolute atomic E-state index is 4.61. The molecule has 1 aliphatic rings.